The second-order valence-corrected chi connectivity index (χ2v) is 6.74. The molecule has 0 radical (unpaired) electrons. The fraction of sp³-hybridized carbons (Fsp3) is 0.350. The molecule has 150 valence electrons. The first kappa shape index (κ1) is 20.1. The van der Waals surface area contributed by atoms with Gasteiger partial charge in [0.1, 0.15) is 5.82 Å². The van der Waals surface area contributed by atoms with Gasteiger partial charge in [0, 0.05) is 31.9 Å². The van der Waals surface area contributed by atoms with Crippen molar-refractivity contribution in [2.45, 2.75) is 25.7 Å². The number of urea groups is 1. The lowest BCUT2D eigenvalue weighted by Crippen LogP contribution is -2.60. The Labute approximate surface area is 160 Å². The van der Waals surface area contributed by atoms with E-state index in [1.165, 1.54) is 5.56 Å². The smallest absolute Gasteiger partial charge is 0.319 e. The summed E-state index contributed by atoms with van der Waals surface area (Å²) in [6.07, 6.45) is -4.82. The number of halogens is 4. The number of carbonyl (C=O) groups excluding carboxylic acids is 1. The molecule has 0 aromatic heterocycles. The Kier molecular flexibility index (Phi) is 5.88. The number of rotatable bonds is 5. The van der Waals surface area contributed by atoms with Crippen LogP contribution >= 0.6 is 0 Å². The zero-order valence-electron chi connectivity index (χ0n) is 15.3. The molecule has 0 spiro atoms. The lowest BCUT2D eigenvalue weighted by Gasteiger charge is -2.45. The largest absolute Gasteiger partial charge is 0.419 e. The fourth-order valence-corrected chi connectivity index (χ4v) is 3.29. The van der Waals surface area contributed by atoms with Crippen molar-refractivity contribution >= 4 is 11.7 Å². The van der Waals surface area contributed by atoms with E-state index in [-0.39, 0.29) is 11.7 Å². The van der Waals surface area contributed by atoms with E-state index in [1.54, 1.807) is 4.90 Å². The van der Waals surface area contributed by atoms with Crippen LogP contribution in [0.4, 0.5) is 28.0 Å². The maximum atomic E-state index is 13.4. The quantitative estimate of drug-likeness (QED) is 0.752. The van der Waals surface area contributed by atoms with Crippen LogP contribution in [0.1, 0.15) is 18.1 Å². The first-order valence-corrected chi connectivity index (χ1v) is 8.98. The highest BCUT2D eigenvalue weighted by molar-refractivity contribution is 5.89. The van der Waals surface area contributed by atoms with Crippen LogP contribution in [-0.2, 0) is 12.7 Å². The number of benzene rings is 2. The molecular formula is C20H21F4N3O. The van der Waals surface area contributed by atoms with Crippen molar-refractivity contribution < 1.29 is 22.4 Å². The SMILES string of the molecule is CCN(C(=O)Nc1ccc(F)c(C(F)(F)F)c1)C1CN(Cc2ccccc2)C1. The van der Waals surface area contributed by atoms with E-state index in [1.807, 2.05) is 37.3 Å². The molecular weight excluding hydrogens is 374 g/mol. The molecule has 0 saturated carbocycles. The number of nitrogens with one attached hydrogen (secondary N) is 1. The minimum absolute atomic E-state index is 0.0174. The Morgan fingerprint density at radius 3 is 2.46 bits per heavy atom. The van der Waals surface area contributed by atoms with Crippen molar-refractivity contribution in [2.75, 3.05) is 25.0 Å². The zero-order chi connectivity index (χ0) is 20.3. The third kappa shape index (κ3) is 4.62. The number of alkyl halides is 3. The number of carbonyl (C=O) groups is 1. The number of likely N-dealkylation sites (tertiary alicyclic amines) is 1. The van der Waals surface area contributed by atoms with Crippen molar-refractivity contribution in [1.29, 1.82) is 0 Å². The van der Waals surface area contributed by atoms with Gasteiger partial charge in [-0.15, -0.1) is 0 Å². The molecule has 28 heavy (non-hydrogen) atoms. The summed E-state index contributed by atoms with van der Waals surface area (Å²) in [5, 5.41) is 2.45. The van der Waals surface area contributed by atoms with Gasteiger partial charge >= 0.3 is 12.2 Å². The van der Waals surface area contributed by atoms with Gasteiger partial charge in [-0.05, 0) is 30.7 Å². The molecule has 0 atom stereocenters. The summed E-state index contributed by atoms with van der Waals surface area (Å²) in [6.45, 7) is 4.39. The average Bonchev–Trinajstić information content (AvgIpc) is 2.61. The molecule has 0 unspecified atom stereocenters. The predicted octanol–water partition coefficient (Wildman–Crippen LogP) is 4.58. The van der Waals surface area contributed by atoms with Crippen LogP contribution in [0.15, 0.2) is 48.5 Å². The summed E-state index contributed by atoms with van der Waals surface area (Å²) >= 11 is 0. The van der Waals surface area contributed by atoms with E-state index in [0.29, 0.717) is 31.8 Å². The molecule has 4 nitrogen and oxygen atoms in total. The van der Waals surface area contributed by atoms with Crippen LogP contribution in [0.2, 0.25) is 0 Å². The summed E-state index contributed by atoms with van der Waals surface area (Å²) in [4.78, 5) is 16.3. The number of hydrogen-bond donors (Lipinski definition) is 1. The Hall–Kier alpha value is -2.61. The van der Waals surface area contributed by atoms with Crippen LogP contribution in [0.5, 0.6) is 0 Å². The third-order valence-corrected chi connectivity index (χ3v) is 4.75. The van der Waals surface area contributed by atoms with Crippen LogP contribution in [0.25, 0.3) is 0 Å². The molecule has 8 heteroatoms. The number of likely N-dealkylation sites (N-methyl/N-ethyl adjacent to an activating group) is 1. The Balaban J connectivity index is 1.59. The second-order valence-electron chi connectivity index (χ2n) is 6.74. The number of nitrogens with zero attached hydrogens (tertiary/aromatic N) is 2. The summed E-state index contributed by atoms with van der Waals surface area (Å²) in [7, 11) is 0. The minimum Gasteiger partial charge on any atom is -0.319 e. The van der Waals surface area contributed by atoms with Gasteiger partial charge in [0.15, 0.2) is 0 Å². The van der Waals surface area contributed by atoms with Crippen molar-refractivity contribution in [3.8, 4) is 0 Å². The van der Waals surface area contributed by atoms with Crippen LogP contribution in [-0.4, -0.2) is 41.5 Å². The maximum absolute atomic E-state index is 13.4. The monoisotopic (exact) mass is 395 g/mol. The molecule has 1 saturated heterocycles. The van der Waals surface area contributed by atoms with E-state index >= 15 is 0 Å². The van der Waals surface area contributed by atoms with Gasteiger partial charge in [0.25, 0.3) is 0 Å². The topological polar surface area (TPSA) is 35.6 Å². The summed E-state index contributed by atoms with van der Waals surface area (Å²) in [6, 6.07) is 11.9. The van der Waals surface area contributed by atoms with Crippen molar-refractivity contribution in [2.24, 2.45) is 0 Å². The molecule has 3 rings (SSSR count). The first-order chi connectivity index (χ1) is 13.3. The van der Waals surface area contributed by atoms with E-state index < -0.39 is 23.6 Å². The van der Waals surface area contributed by atoms with Gasteiger partial charge in [0.2, 0.25) is 0 Å². The van der Waals surface area contributed by atoms with Crippen LogP contribution in [0, 0.1) is 5.82 Å². The molecule has 1 heterocycles. The molecule has 1 aliphatic heterocycles. The normalized spacial score (nSPS) is 15.2. The summed E-state index contributed by atoms with van der Waals surface area (Å²) in [5.74, 6) is -1.37. The van der Waals surface area contributed by atoms with Gasteiger partial charge in [-0.25, -0.2) is 9.18 Å². The summed E-state index contributed by atoms with van der Waals surface area (Å²) in [5.41, 5.74) is -0.303. The zero-order valence-corrected chi connectivity index (χ0v) is 15.3. The van der Waals surface area contributed by atoms with E-state index in [2.05, 4.69) is 10.2 Å². The van der Waals surface area contributed by atoms with E-state index in [4.69, 9.17) is 0 Å². The first-order valence-electron chi connectivity index (χ1n) is 8.98. The average molecular weight is 395 g/mol. The maximum Gasteiger partial charge on any atom is 0.419 e. The van der Waals surface area contributed by atoms with Crippen molar-refractivity contribution in [1.82, 2.24) is 9.80 Å². The summed E-state index contributed by atoms with van der Waals surface area (Å²) < 4.78 is 51.9. The van der Waals surface area contributed by atoms with Gasteiger partial charge in [-0.2, -0.15) is 13.2 Å². The predicted molar refractivity (Wildman–Crippen MR) is 98.3 cm³/mol. The van der Waals surface area contributed by atoms with Gasteiger partial charge in [-0.3, -0.25) is 4.90 Å². The lowest BCUT2D eigenvalue weighted by atomic mass is 10.1. The molecule has 1 N–H and O–H groups in total. The van der Waals surface area contributed by atoms with Gasteiger partial charge < -0.3 is 10.2 Å². The molecule has 2 aromatic rings. The Morgan fingerprint density at radius 1 is 1.18 bits per heavy atom. The van der Waals surface area contributed by atoms with Crippen LogP contribution in [0.3, 0.4) is 0 Å². The Morgan fingerprint density at radius 2 is 1.86 bits per heavy atom. The minimum atomic E-state index is -4.82. The molecule has 0 bridgehead atoms. The highest BCUT2D eigenvalue weighted by Gasteiger charge is 2.36. The van der Waals surface area contributed by atoms with Crippen molar-refractivity contribution in [3.05, 3.63) is 65.5 Å². The standard InChI is InChI=1S/C20H21F4N3O/c1-2-27(16-12-26(13-16)11-14-6-4-3-5-7-14)19(28)25-15-8-9-18(21)17(10-15)20(22,23)24/h3-10,16H,2,11-13H2,1H3,(H,25,28). The lowest BCUT2D eigenvalue weighted by molar-refractivity contribution is -0.139. The fourth-order valence-electron chi connectivity index (χ4n) is 3.29. The number of amides is 2. The second kappa shape index (κ2) is 8.18. The van der Waals surface area contributed by atoms with E-state index in [0.717, 1.165) is 12.6 Å². The van der Waals surface area contributed by atoms with Gasteiger partial charge in [0.05, 0.1) is 11.6 Å². The molecule has 2 amide bonds. The number of anilines is 1. The highest BCUT2D eigenvalue weighted by Crippen LogP contribution is 2.33. The third-order valence-electron chi connectivity index (χ3n) is 4.75. The molecule has 2 aromatic carbocycles. The molecule has 1 aliphatic rings. The van der Waals surface area contributed by atoms with E-state index in [9.17, 15) is 22.4 Å². The molecule has 0 aliphatic carbocycles. The highest BCUT2D eigenvalue weighted by atomic mass is 19.4. The van der Waals surface area contributed by atoms with Crippen molar-refractivity contribution in [3.63, 3.8) is 0 Å². The Bertz CT molecular complexity index is 820. The molecule has 1 fully saturated rings. The number of hydrogen-bond acceptors (Lipinski definition) is 2. The van der Waals surface area contributed by atoms with Gasteiger partial charge in [-0.1, -0.05) is 30.3 Å². The van der Waals surface area contributed by atoms with Crippen LogP contribution < -0.4 is 5.32 Å².